The average molecular weight is 314 g/mol. The molecule has 1 aromatic carbocycles. The van der Waals surface area contributed by atoms with Crippen molar-refractivity contribution in [2.45, 2.75) is 25.4 Å². The first kappa shape index (κ1) is 15.7. The number of benzene rings is 1. The number of nitro groups is 1. The van der Waals surface area contributed by atoms with Crippen LogP contribution in [-0.2, 0) is 16.4 Å². The molecule has 1 fully saturated rings. The van der Waals surface area contributed by atoms with E-state index in [1.165, 1.54) is 6.07 Å². The summed E-state index contributed by atoms with van der Waals surface area (Å²) in [5.74, 6) is -0.0620. The molecule has 1 saturated carbocycles. The summed E-state index contributed by atoms with van der Waals surface area (Å²) in [6.45, 7) is 0.518. The van der Waals surface area contributed by atoms with E-state index >= 15 is 0 Å². The smallest absolute Gasteiger partial charge is 0.310 e. The molecule has 0 saturated heterocycles. The monoisotopic (exact) mass is 314 g/mol. The van der Waals surface area contributed by atoms with Gasteiger partial charge >= 0.3 is 5.69 Å². The predicted octanol–water partition coefficient (Wildman–Crippen LogP) is 1.27. The zero-order chi connectivity index (χ0) is 15.5. The molecular formula is C13H18N2O5S. The SMILES string of the molecule is CS(=O)(=O)CCOc1cc(CNC2CC2)ccc1[N+](=O)[O-]. The minimum atomic E-state index is -3.16. The number of rotatable bonds is 8. The van der Waals surface area contributed by atoms with Crippen molar-refractivity contribution in [2.75, 3.05) is 18.6 Å². The Balaban J connectivity index is 2.05. The van der Waals surface area contributed by atoms with Crippen LogP contribution in [0.1, 0.15) is 18.4 Å². The maximum absolute atomic E-state index is 11.1. The van der Waals surface area contributed by atoms with Crippen LogP contribution >= 0.6 is 0 Å². The topological polar surface area (TPSA) is 98.5 Å². The second-order valence-corrected chi connectivity index (χ2v) is 7.45. The molecule has 21 heavy (non-hydrogen) atoms. The van der Waals surface area contributed by atoms with Gasteiger partial charge in [-0.15, -0.1) is 0 Å². The fourth-order valence-electron chi connectivity index (χ4n) is 1.79. The fraction of sp³-hybridized carbons (Fsp3) is 0.538. The maximum atomic E-state index is 11.1. The Morgan fingerprint density at radius 2 is 2.14 bits per heavy atom. The molecule has 0 aromatic heterocycles. The van der Waals surface area contributed by atoms with Gasteiger partial charge in [-0.1, -0.05) is 6.07 Å². The zero-order valence-electron chi connectivity index (χ0n) is 11.7. The van der Waals surface area contributed by atoms with Crippen LogP contribution in [0.15, 0.2) is 18.2 Å². The second kappa shape index (κ2) is 6.40. The summed E-state index contributed by atoms with van der Waals surface area (Å²) in [4.78, 5) is 10.4. The normalized spacial score (nSPS) is 14.9. The van der Waals surface area contributed by atoms with Crippen LogP contribution in [0.25, 0.3) is 0 Å². The molecule has 1 aromatic rings. The first-order valence-corrected chi connectivity index (χ1v) is 8.72. The van der Waals surface area contributed by atoms with Crippen LogP contribution in [0.5, 0.6) is 5.75 Å². The molecule has 0 unspecified atom stereocenters. The van der Waals surface area contributed by atoms with Gasteiger partial charge in [0.15, 0.2) is 15.6 Å². The highest BCUT2D eigenvalue weighted by Gasteiger charge is 2.21. The van der Waals surface area contributed by atoms with Crippen LogP contribution in [-0.4, -0.2) is 38.0 Å². The molecule has 0 atom stereocenters. The maximum Gasteiger partial charge on any atom is 0.310 e. The number of hydrogen-bond acceptors (Lipinski definition) is 6. The third kappa shape index (κ3) is 5.31. The molecule has 1 aliphatic carbocycles. The number of sulfone groups is 1. The quantitative estimate of drug-likeness (QED) is 0.573. The summed E-state index contributed by atoms with van der Waals surface area (Å²) in [5.41, 5.74) is 0.723. The lowest BCUT2D eigenvalue weighted by Gasteiger charge is -2.09. The summed E-state index contributed by atoms with van der Waals surface area (Å²) >= 11 is 0. The summed E-state index contributed by atoms with van der Waals surface area (Å²) in [5, 5.41) is 14.3. The van der Waals surface area contributed by atoms with Gasteiger partial charge in [-0.3, -0.25) is 10.1 Å². The van der Waals surface area contributed by atoms with E-state index in [-0.39, 0.29) is 23.8 Å². The van der Waals surface area contributed by atoms with E-state index in [1.807, 2.05) is 0 Å². The first-order valence-electron chi connectivity index (χ1n) is 6.66. The minimum absolute atomic E-state index is 0.0980. The highest BCUT2D eigenvalue weighted by molar-refractivity contribution is 7.90. The van der Waals surface area contributed by atoms with Crippen molar-refractivity contribution in [2.24, 2.45) is 0 Å². The van der Waals surface area contributed by atoms with E-state index in [2.05, 4.69) is 5.32 Å². The van der Waals surface area contributed by atoms with Crippen molar-refractivity contribution in [3.8, 4) is 5.75 Å². The molecule has 1 aliphatic rings. The second-order valence-electron chi connectivity index (χ2n) is 5.19. The lowest BCUT2D eigenvalue weighted by atomic mass is 10.2. The van der Waals surface area contributed by atoms with Crippen LogP contribution in [0.2, 0.25) is 0 Å². The summed E-state index contributed by atoms with van der Waals surface area (Å²) < 4.78 is 27.4. The van der Waals surface area contributed by atoms with Crippen LogP contribution in [0, 0.1) is 10.1 Å². The molecule has 0 aliphatic heterocycles. The Labute approximate surface area is 123 Å². The minimum Gasteiger partial charge on any atom is -0.486 e. The standard InChI is InChI=1S/C13H18N2O5S/c1-21(18,19)7-6-20-13-8-10(9-14-11-3-4-11)2-5-12(13)15(16)17/h2,5,8,11,14H,3-4,6-7,9H2,1H3. The molecule has 8 heteroatoms. The van der Waals surface area contributed by atoms with Gasteiger partial charge in [0.05, 0.1) is 10.7 Å². The predicted molar refractivity (Wildman–Crippen MR) is 78.2 cm³/mol. The highest BCUT2D eigenvalue weighted by atomic mass is 32.2. The number of nitrogens with zero attached hydrogens (tertiary/aromatic N) is 1. The van der Waals surface area contributed by atoms with Crippen molar-refractivity contribution in [1.29, 1.82) is 0 Å². The lowest BCUT2D eigenvalue weighted by Crippen LogP contribution is -2.16. The lowest BCUT2D eigenvalue weighted by molar-refractivity contribution is -0.385. The Hall–Kier alpha value is -1.67. The van der Waals surface area contributed by atoms with E-state index in [0.717, 1.165) is 24.7 Å². The molecule has 0 amide bonds. The largest absolute Gasteiger partial charge is 0.486 e. The molecule has 2 rings (SSSR count). The van der Waals surface area contributed by atoms with Gasteiger partial charge in [0, 0.05) is 24.9 Å². The fourth-order valence-corrected chi connectivity index (χ4v) is 2.17. The number of hydrogen-bond donors (Lipinski definition) is 1. The Morgan fingerprint density at radius 3 is 2.71 bits per heavy atom. The molecule has 0 radical (unpaired) electrons. The van der Waals surface area contributed by atoms with Gasteiger partial charge in [-0.05, 0) is 24.5 Å². The van der Waals surface area contributed by atoms with Gasteiger partial charge in [0.1, 0.15) is 6.61 Å². The third-order valence-corrected chi connectivity index (χ3v) is 4.01. The van der Waals surface area contributed by atoms with E-state index < -0.39 is 14.8 Å². The van der Waals surface area contributed by atoms with Crippen LogP contribution in [0.3, 0.4) is 0 Å². The molecule has 0 heterocycles. The van der Waals surface area contributed by atoms with Gasteiger partial charge in [0.2, 0.25) is 0 Å². The Bertz CT molecular complexity index is 625. The average Bonchev–Trinajstić information content (AvgIpc) is 3.18. The van der Waals surface area contributed by atoms with Gasteiger partial charge in [0.25, 0.3) is 0 Å². The van der Waals surface area contributed by atoms with Crippen molar-refractivity contribution in [1.82, 2.24) is 5.32 Å². The van der Waals surface area contributed by atoms with E-state index in [4.69, 9.17) is 4.74 Å². The van der Waals surface area contributed by atoms with Crippen LogP contribution in [0.4, 0.5) is 5.69 Å². The van der Waals surface area contributed by atoms with E-state index in [1.54, 1.807) is 12.1 Å². The van der Waals surface area contributed by atoms with Crippen molar-refractivity contribution in [3.05, 3.63) is 33.9 Å². The van der Waals surface area contributed by atoms with E-state index in [0.29, 0.717) is 12.6 Å². The molecular weight excluding hydrogens is 296 g/mol. The summed E-state index contributed by atoms with van der Waals surface area (Å²) in [7, 11) is -3.16. The molecule has 116 valence electrons. The number of nitrogens with one attached hydrogen (secondary N) is 1. The summed E-state index contributed by atoms with van der Waals surface area (Å²) in [6, 6.07) is 5.20. The van der Waals surface area contributed by atoms with Gasteiger partial charge in [-0.25, -0.2) is 8.42 Å². The third-order valence-electron chi connectivity index (χ3n) is 3.10. The van der Waals surface area contributed by atoms with Crippen molar-refractivity contribution >= 4 is 15.5 Å². The van der Waals surface area contributed by atoms with Gasteiger partial charge in [-0.2, -0.15) is 0 Å². The molecule has 0 bridgehead atoms. The highest BCUT2D eigenvalue weighted by Crippen LogP contribution is 2.28. The first-order chi connectivity index (χ1) is 9.85. The molecule has 0 spiro atoms. The zero-order valence-corrected chi connectivity index (χ0v) is 12.6. The Morgan fingerprint density at radius 1 is 1.43 bits per heavy atom. The Kier molecular flexibility index (Phi) is 4.79. The van der Waals surface area contributed by atoms with E-state index in [9.17, 15) is 18.5 Å². The summed E-state index contributed by atoms with van der Waals surface area (Å²) in [6.07, 6.45) is 3.41. The van der Waals surface area contributed by atoms with Gasteiger partial charge < -0.3 is 10.1 Å². The van der Waals surface area contributed by atoms with Crippen LogP contribution < -0.4 is 10.1 Å². The molecule has 1 N–H and O–H groups in total. The van der Waals surface area contributed by atoms with Crippen molar-refractivity contribution < 1.29 is 18.1 Å². The molecule has 7 nitrogen and oxygen atoms in total. The number of nitro benzene ring substituents is 1. The number of ether oxygens (including phenoxy) is 1. The van der Waals surface area contributed by atoms with Crippen molar-refractivity contribution in [3.63, 3.8) is 0 Å².